The highest BCUT2D eigenvalue weighted by atomic mass is 16.5. The van der Waals surface area contributed by atoms with Crippen LogP contribution >= 0.6 is 0 Å². The Kier molecular flexibility index (Phi) is 3.76. The summed E-state index contributed by atoms with van der Waals surface area (Å²) in [5.74, 6) is 0.593. The van der Waals surface area contributed by atoms with E-state index in [1.165, 1.54) is 4.90 Å². The van der Waals surface area contributed by atoms with E-state index in [2.05, 4.69) is 4.98 Å². The van der Waals surface area contributed by atoms with Crippen molar-refractivity contribution in [2.24, 2.45) is 0 Å². The summed E-state index contributed by atoms with van der Waals surface area (Å²) in [4.78, 5) is 32.5. The molecule has 4 rings (SSSR count). The number of hydrogen-bond acceptors (Lipinski definition) is 5. The number of pyridine rings is 1. The zero-order chi connectivity index (χ0) is 17.4. The molecular weight excluding hydrogens is 320 g/mol. The molecule has 0 fully saturated rings. The maximum absolute atomic E-state index is 12.9. The first kappa shape index (κ1) is 15.4. The third-order valence-corrected chi connectivity index (χ3v) is 4.47. The molecule has 3 heterocycles. The van der Waals surface area contributed by atoms with E-state index >= 15 is 0 Å². The van der Waals surface area contributed by atoms with Crippen molar-refractivity contribution in [2.75, 3.05) is 35.2 Å². The number of anilines is 3. The molecule has 2 aliphatic heterocycles. The lowest BCUT2D eigenvalue weighted by molar-refractivity contribution is -0.124. The van der Waals surface area contributed by atoms with Gasteiger partial charge < -0.3 is 15.4 Å². The van der Waals surface area contributed by atoms with Crippen LogP contribution in [0.15, 0.2) is 36.4 Å². The Labute approximate surface area is 145 Å². The second-order valence-corrected chi connectivity index (χ2v) is 6.10. The minimum absolute atomic E-state index is 0.0834. The van der Waals surface area contributed by atoms with E-state index in [0.29, 0.717) is 18.1 Å². The Bertz CT molecular complexity index is 852. The maximum atomic E-state index is 12.9. The summed E-state index contributed by atoms with van der Waals surface area (Å²) in [5, 5.41) is 0. The molecule has 128 valence electrons. The number of nitrogens with zero attached hydrogens (tertiary/aromatic N) is 3. The SMILES string of the molecule is Nc1ccc2c(n1)N(CC(=O)N1CCCc3ccccc31)C(=O)CO2. The molecule has 0 unspecified atom stereocenters. The van der Waals surface area contributed by atoms with Crippen molar-refractivity contribution < 1.29 is 14.3 Å². The predicted molar refractivity (Wildman–Crippen MR) is 93.6 cm³/mol. The number of carbonyl (C=O) groups excluding carboxylic acids is 2. The second kappa shape index (κ2) is 6.08. The van der Waals surface area contributed by atoms with Gasteiger partial charge in [0.05, 0.1) is 0 Å². The van der Waals surface area contributed by atoms with E-state index in [1.54, 1.807) is 17.0 Å². The van der Waals surface area contributed by atoms with E-state index in [9.17, 15) is 9.59 Å². The first-order valence-corrected chi connectivity index (χ1v) is 8.21. The summed E-state index contributed by atoms with van der Waals surface area (Å²) in [6, 6.07) is 11.1. The maximum Gasteiger partial charge on any atom is 0.266 e. The number of aromatic nitrogens is 1. The minimum Gasteiger partial charge on any atom is -0.480 e. The highest BCUT2D eigenvalue weighted by molar-refractivity contribution is 6.05. The molecule has 0 atom stereocenters. The van der Waals surface area contributed by atoms with Gasteiger partial charge >= 0.3 is 0 Å². The van der Waals surface area contributed by atoms with Gasteiger partial charge in [0.15, 0.2) is 18.2 Å². The van der Waals surface area contributed by atoms with Crippen molar-refractivity contribution in [3.8, 4) is 5.75 Å². The van der Waals surface area contributed by atoms with Gasteiger partial charge in [-0.1, -0.05) is 18.2 Å². The molecule has 0 saturated carbocycles. The third kappa shape index (κ3) is 2.77. The topological polar surface area (TPSA) is 88.8 Å². The highest BCUT2D eigenvalue weighted by Gasteiger charge is 2.31. The van der Waals surface area contributed by atoms with Gasteiger partial charge in [-0.3, -0.25) is 14.5 Å². The third-order valence-electron chi connectivity index (χ3n) is 4.47. The van der Waals surface area contributed by atoms with Crippen molar-refractivity contribution in [2.45, 2.75) is 12.8 Å². The smallest absolute Gasteiger partial charge is 0.266 e. The van der Waals surface area contributed by atoms with Crippen LogP contribution in [0, 0.1) is 0 Å². The zero-order valence-electron chi connectivity index (χ0n) is 13.6. The number of amides is 2. The first-order chi connectivity index (χ1) is 12.1. The lowest BCUT2D eigenvalue weighted by atomic mass is 10.0. The van der Waals surface area contributed by atoms with Gasteiger partial charge in [-0.05, 0) is 36.6 Å². The molecule has 0 aliphatic carbocycles. The quantitative estimate of drug-likeness (QED) is 0.893. The van der Waals surface area contributed by atoms with Crippen LogP contribution in [0.3, 0.4) is 0 Å². The fraction of sp³-hybridized carbons (Fsp3) is 0.278. The molecule has 1 aromatic heterocycles. The highest BCUT2D eigenvalue weighted by Crippen LogP contribution is 2.32. The summed E-state index contributed by atoms with van der Waals surface area (Å²) in [6.45, 7) is 0.452. The molecule has 2 aromatic rings. The van der Waals surface area contributed by atoms with Crippen LogP contribution in [-0.2, 0) is 16.0 Å². The van der Waals surface area contributed by atoms with Gasteiger partial charge in [0.25, 0.3) is 5.91 Å². The van der Waals surface area contributed by atoms with Gasteiger partial charge in [-0.15, -0.1) is 0 Å². The van der Waals surface area contributed by atoms with Crippen LogP contribution in [0.1, 0.15) is 12.0 Å². The van der Waals surface area contributed by atoms with Crippen LogP contribution in [-0.4, -0.2) is 36.5 Å². The van der Waals surface area contributed by atoms with E-state index in [-0.39, 0.29) is 30.8 Å². The molecule has 1 aromatic carbocycles. The van der Waals surface area contributed by atoms with E-state index in [0.717, 1.165) is 24.1 Å². The molecular formula is C18H18N4O3. The van der Waals surface area contributed by atoms with Crippen molar-refractivity contribution >= 4 is 29.1 Å². The molecule has 7 heteroatoms. The Morgan fingerprint density at radius 3 is 2.96 bits per heavy atom. The number of ether oxygens (including phenoxy) is 1. The van der Waals surface area contributed by atoms with Crippen molar-refractivity contribution in [3.05, 3.63) is 42.0 Å². The van der Waals surface area contributed by atoms with Crippen molar-refractivity contribution in [1.82, 2.24) is 4.98 Å². The largest absolute Gasteiger partial charge is 0.480 e. The van der Waals surface area contributed by atoms with Gasteiger partial charge in [-0.2, -0.15) is 0 Å². The number of benzene rings is 1. The van der Waals surface area contributed by atoms with Crippen molar-refractivity contribution in [3.63, 3.8) is 0 Å². The summed E-state index contributed by atoms with van der Waals surface area (Å²) in [6.07, 6.45) is 1.86. The van der Waals surface area contributed by atoms with Crippen LogP contribution < -0.4 is 20.3 Å². The second-order valence-electron chi connectivity index (χ2n) is 6.10. The molecule has 2 aliphatic rings. The lowest BCUT2D eigenvalue weighted by Gasteiger charge is -2.33. The summed E-state index contributed by atoms with van der Waals surface area (Å²) in [7, 11) is 0. The molecule has 0 saturated heterocycles. The van der Waals surface area contributed by atoms with Crippen LogP contribution in [0.2, 0.25) is 0 Å². The molecule has 7 nitrogen and oxygen atoms in total. The van der Waals surface area contributed by atoms with Crippen LogP contribution in [0.25, 0.3) is 0 Å². The Morgan fingerprint density at radius 2 is 2.08 bits per heavy atom. The normalized spacial score (nSPS) is 16.1. The van der Waals surface area contributed by atoms with Gasteiger partial charge in [0, 0.05) is 12.2 Å². The Hall–Kier alpha value is -3.09. The van der Waals surface area contributed by atoms with Crippen LogP contribution in [0.5, 0.6) is 5.75 Å². The summed E-state index contributed by atoms with van der Waals surface area (Å²) >= 11 is 0. The molecule has 25 heavy (non-hydrogen) atoms. The Morgan fingerprint density at radius 1 is 1.24 bits per heavy atom. The summed E-state index contributed by atoms with van der Waals surface area (Å²) in [5.41, 5.74) is 7.79. The van der Waals surface area contributed by atoms with Crippen LogP contribution in [0.4, 0.5) is 17.3 Å². The fourth-order valence-electron chi connectivity index (χ4n) is 3.27. The number of nitrogens with two attached hydrogens (primary N) is 1. The monoisotopic (exact) mass is 338 g/mol. The van der Waals surface area contributed by atoms with Gasteiger partial charge in [0.2, 0.25) is 5.91 Å². The van der Waals surface area contributed by atoms with Crippen molar-refractivity contribution in [1.29, 1.82) is 0 Å². The van der Waals surface area contributed by atoms with E-state index in [1.807, 2.05) is 24.3 Å². The predicted octanol–water partition coefficient (Wildman–Crippen LogP) is 1.37. The first-order valence-electron chi connectivity index (χ1n) is 8.21. The summed E-state index contributed by atoms with van der Waals surface area (Å²) < 4.78 is 5.37. The number of nitrogen functional groups attached to an aromatic ring is 1. The molecule has 2 N–H and O–H groups in total. The average molecular weight is 338 g/mol. The zero-order valence-corrected chi connectivity index (χ0v) is 13.6. The van der Waals surface area contributed by atoms with E-state index in [4.69, 9.17) is 10.5 Å². The number of para-hydroxylation sites is 1. The molecule has 2 amide bonds. The number of carbonyl (C=O) groups is 2. The number of aryl methyl sites for hydroxylation is 1. The average Bonchev–Trinajstić information content (AvgIpc) is 2.63. The lowest BCUT2D eigenvalue weighted by Crippen LogP contribution is -2.48. The fourth-order valence-corrected chi connectivity index (χ4v) is 3.27. The molecule has 0 spiro atoms. The minimum atomic E-state index is -0.302. The Balaban J connectivity index is 1.62. The standard InChI is InChI=1S/C18H18N4O3/c19-15-8-7-14-18(20-15)22(17(24)11-25-14)10-16(23)21-9-3-5-12-4-1-2-6-13(12)21/h1-2,4,6-8H,3,5,9-11H2,(H2,19,20). The molecule has 0 radical (unpaired) electrons. The van der Waals surface area contributed by atoms with E-state index < -0.39 is 0 Å². The number of hydrogen-bond donors (Lipinski definition) is 1. The van der Waals surface area contributed by atoms with Gasteiger partial charge in [-0.25, -0.2) is 4.98 Å². The number of fused-ring (bicyclic) bond motifs is 2. The number of rotatable bonds is 2. The molecule has 0 bridgehead atoms. The van der Waals surface area contributed by atoms with Gasteiger partial charge in [0.1, 0.15) is 12.4 Å².